The summed E-state index contributed by atoms with van der Waals surface area (Å²) in [5.74, 6) is 1.26. The minimum atomic E-state index is -0.399. The Hall–Kier alpha value is -4.01. The van der Waals surface area contributed by atoms with Gasteiger partial charge in [-0.1, -0.05) is 5.16 Å². The van der Waals surface area contributed by atoms with Crippen molar-refractivity contribution in [2.24, 2.45) is 16.5 Å². The fraction of sp³-hybridized carbons (Fsp3) is 0.105. The van der Waals surface area contributed by atoms with E-state index in [1.165, 1.54) is 0 Å². The number of ether oxygens (including phenoxy) is 2. The molecule has 1 amide bonds. The second-order valence-electron chi connectivity index (χ2n) is 5.97. The van der Waals surface area contributed by atoms with Gasteiger partial charge in [-0.2, -0.15) is 0 Å². The fourth-order valence-corrected chi connectivity index (χ4v) is 2.68. The number of nitrogens with one attached hydrogen (secondary N) is 1. The molecule has 28 heavy (non-hydrogen) atoms. The molecule has 0 saturated carbocycles. The van der Waals surface area contributed by atoms with E-state index in [1.54, 1.807) is 48.5 Å². The molecule has 0 saturated heterocycles. The smallest absolute Gasteiger partial charge is 0.277 e. The number of nitrogens with zero attached hydrogens (tertiary/aromatic N) is 2. The van der Waals surface area contributed by atoms with Gasteiger partial charge in [-0.3, -0.25) is 4.79 Å². The normalized spacial score (nSPS) is 12.3. The topological polar surface area (TPSA) is 138 Å². The molecule has 1 aromatic heterocycles. The molecule has 1 aliphatic heterocycles. The zero-order valence-corrected chi connectivity index (χ0v) is 14.7. The summed E-state index contributed by atoms with van der Waals surface area (Å²) in [5.41, 5.74) is 12.8. The standard InChI is InChI=1S/C19H17N5O4/c20-19(21)23-12-3-1-11(2-4-12)16-10-14(24-28-16)18(25)22-13-5-6-15-17(9-13)27-8-7-26-15/h1-6,9-10H,7-8H2,(H,22,25)(H4,20,21,23). The molecular formula is C19H17N5O4. The number of carbonyl (C=O) groups excluding carboxylic acids is 1. The third-order valence-electron chi connectivity index (χ3n) is 3.95. The monoisotopic (exact) mass is 379 g/mol. The molecule has 9 nitrogen and oxygen atoms in total. The summed E-state index contributed by atoms with van der Waals surface area (Å²) in [4.78, 5) is 16.4. The molecule has 0 unspecified atom stereocenters. The molecule has 0 aliphatic carbocycles. The maximum absolute atomic E-state index is 12.5. The van der Waals surface area contributed by atoms with Crippen LogP contribution < -0.4 is 26.3 Å². The highest BCUT2D eigenvalue weighted by Crippen LogP contribution is 2.32. The van der Waals surface area contributed by atoms with E-state index in [0.717, 1.165) is 5.56 Å². The van der Waals surface area contributed by atoms with Crippen molar-refractivity contribution in [3.8, 4) is 22.8 Å². The number of anilines is 1. The second-order valence-corrected chi connectivity index (χ2v) is 5.97. The average Bonchev–Trinajstić information content (AvgIpc) is 3.18. The predicted molar refractivity (Wildman–Crippen MR) is 103 cm³/mol. The van der Waals surface area contributed by atoms with Crippen LogP contribution in [0.2, 0.25) is 0 Å². The summed E-state index contributed by atoms with van der Waals surface area (Å²) in [6.45, 7) is 0.979. The van der Waals surface area contributed by atoms with Gasteiger partial charge in [0.2, 0.25) is 0 Å². The number of hydrogen-bond acceptors (Lipinski definition) is 6. The van der Waals surface area contributed by atoms with Crippen LogP contribution in [0.3, 0.4) is 0 Å². The highest BCUT2D eigenvalue weighted by molar-refractivity contribution is 6.03. The number of rotatable bonds is 4. The van der Waals surface area contributed by atoms with Crippen LogP contribution in [0.5, 0.6) is 11.5 Å². The first-order chi connectivity index (χ1) is 13.6. The number of benzene rings is 2. The first-order valence-electron chi connectivity index (χ1n) is 8.46. The lowest BCUT2D eigenvalue weighted by molar-refractivity contribution is 0.101. The van der Waals surface area contributed by atoms with Crippen LogP contribution in [0.15, 0.2) is 58.0 Å². The summed E-state index contributed by atoms with van der Waals surface area (Å²) in [6.07, 6.45) is 0. The van der Waals surface area contributed by atoms with E-state index in [0.29, 0.717) is 41.8 Å². The molecule has 2 heterocycles. The van der Waals surface area contributed by atoms with Gasteiger partial charge in [0.05, 0.1) is 5.69 Å². The predicted octanol–water partition coefficient (Wildman–Crippen LogP) is 2.27. The van der Waals surface area contributed by atoms with Crippen molar-refractivity contribution in [2.45, 2.75) is 0 Å². The van der Waals surface area contributed by atoms with Gasteiger partial charge in [0.1, 0.15) is 13.2 Å². The molecule has 0 spiro atoms. The Morgan fingerprint density at radius 2 is 1.75 bits per heavy atom. The van der Waals surface area contributed by atoms with E-state index >= 15 is 0 Å². The Bertz CT molecular complexity index is 1040. The number of hydrogen-bond donors (Lipinski definition) is 3. The summed E-state index contributed by atoms with van der Waals surface area (Å²) in [5, 5.41) is 6.60. The van der Waals surface area contributed by atoms with Crippen molar-refractivity contribution in [1.29, 1.82) is 0 Å². The Kier molecular flexibility index (Phi) is 4.55. The summed E-state index contributed by atoms with van der Waals surface area (Å²) in [6, 6.07) is 13.7. The maximum atomic E-state index is 12.5. The SMILES string of the molecule is NC(N)=Nc1ccc(-c2cc(C(=O)Nc3ccc4c(c3)OCCO4)no2)cc1. The molecule has 0 fully saturated rings. The van der Waals surface area contributed by atoms with Gasteiger partial charge in [0.25, 0.3) is 5.91 Å². The van der Waals surface area contributed by atoms with E-state index in [-0.39, 0.29) is 11.7 Å². The third-order valence-corrected chi connectivity index (χ3v) is 3.95. The molecule has 0 bridgehead atoms. The second kappa shape index (κ2) is 7.31. The van der Waals surface area contributed by atoms with Gasteiger partial charge in [0.15, 0.2) is 28.9 Å². The van der Waals surface area contributed by atoms with Gasteiger partial charge in [0, 0.05) is 23.4 Å². The number of aliphatic imine (C=N–C) groups is 1. The highest BCUT2D eigenvalue weighted by Gasteiger charge is 2.16. The lowest BCUT2D eigenvalue weighted by Gasteiger charge is -2.18. The zero-order valence-electron chi connectivity index (χ0n) is 14.7. The van der Waals surface area contributed by atoms with Gasteiger partial charge < -0.3 is 30.8 Å². The number of amides is 1. The van der Waals surface area contributed by atoms with Crippen LogP contribution in [0.25, 0.3) is 11.3 Å². The van der Waals surface area contributed by atoms with E-state index in [1.807, 2.05) is 0 Å². The molecule has 2 aromatic carbocycles. The van der Waals surface area contributed by atoms with Crippen molar-refractivity contribution in [3.63, 3.8) is 0 Å². The van der Waals surface area contributed by atoms with Gasteiger partial charge >= 0.3 is 0 Å². The lowest BCUT2D eigenvalue weighted by atomic mass is 10.1. The van der Waals surface area contributed by atoms with Crippen LogP contribution in [0, 0.1) is 0 Å². The largest absolute Gasteiger partial charge is 0.486 e. The summed E-state index contributed by atoms with van der Waals surface area (Å²) < 4.78 is 16.3. The Morgan fingerprint density at radius 1 is 1.00 bits per heavy atom. The zero-order chi connectivity index (χ0) is 19.5. The number of aromatic nitrogens is 1. The average molecular weight is 379 g/mol. The molecule has 142 valence electrons. The van der Waals surface area contributed by atoms with E-state index in [2.05, 4.69) is 15.5 Å². The van der Waals surface area contributed by atoms with Gasteiger partial charge in [-0.05, 0) is 36.4 Å². The van der Waals surface area contributed by atoms with E-state index < -0.39 is 5.91 Å². The van der Waals surface area contributed by atoms with E-state index in [4.69, 9.17) is 25.5 Å². The number of carbonyl (C=O) groups is 1. The van der Waals surface area contributed by atoms with Crippen LogP contribution >= 0.6 is 0 Å². The first-order valence-corrected chi connectivity index (χ1v) is 8.46. The van der Waals surface area contributed by atoms with Crippen LogP contribution in [-0.2, 0) is 0 Å². The van der Waals surface area contributed by atoms with Gasteiger partial charge in [-0.25, -0.2) is 4.99 Å². The summed E-state index contributed by atoms with van der Waals surface area (Å²) >= 11 is 0. The number of guanidine groups is 1. The molecule has 5 N–H and O–H groups in total. The molecule has 4 rings (SSSR count). The minimum Gasteiger partial charge on any atom is -0.486 e. The molecular weight excluding hydrogens is 362 g/mol. The Morgan fingerprint density at radius 3 is 2.50 bits per heavy atom. The fourth-order valence-electron chi connectivity index (χ4n) is 2.68. The minimum absolute atomic E-state index is 0.0227. The summed E-state index contributed by atoms with van der Waals surface area (Å²) in [7, 11) is 0. The van der Waals surface area contributed by atoms with Crippen molar-refractivity contribution in [3.05, 3.63) is 54.2 Å². The van der Waals surface area contributed by atoms with Crippen molar-refractivity contribution < 1.29 is 18.8 Å². The van der Waals surface area contributed by atoms with Crippen molar-refractivity contribution in [1.82, 2.24) is 5.16 Å². The molecule has 0 atom stereocenters. The molecule has 3 aromatic rings. The number of nitrogens with two attached hydrogens (primary N) is 2. The first kappa shape index (κ1) is 17.4. The van der Waals surface area contributed by atoms with Crippen LogP contribution in [-0.4, -0.2) is 30.2 Å². The Balaban J connectivity index is 1.48. The quantitative estimate of drug-likeness (QED) is 0.467. The third kappa shape index (κ3) is 3.73. The van der Waals surface area contributed by atoms with E-state index in [9.17, 15) is 4.79 Å². The van der Waals surface area contributed by atoms with Crippen molar-refractivity contribution >= 4 is 23.2 Å². The van der Waals surface area contributed by atoms with Gasteiger partial charge in [-0.15, -0.1) is 0 Å². The molecule has 0 radical (unpaired) electrons. The molecule has 9 heteroatoms. The Labute approximate surface area is 159 Å². The van der Waals surface area contributed by atoms with Crippen LogP contribution in [0.1, 0.15) is 10.5 Å². The van der Waals surface area contributed by atoms with Crippen LogP contribution in [0.4, 0.5) is 11.4 Å². The lowest BCUT2D eigenvalue weighted by Crippen LogP contribution is -2.21. The number of fused-ring (bicyclic) bond motifs is 1. The molecule has 1 aliphatic rings. The highest BCUT2D eigenvalue weighted by atomic mass is 16.6. The van der Waals surface area contributed by atoms with Crippen molar-refractivity contribution in [2.75, 3.05) is 18.5 Å². The maximum Gasteiger partial charge on any atom is 0.277 e.